The van der Waals surface area contributed by atoms with Crippen molar-refractivity contribution in [3.8, 4) is 0 Å². The van der Waals surface area contributed by atoms with E-state index in [0.29, 0.717) is 0 Å². The Bertz CT molecular complexity index is 742. The summed E-state index contributed by atoms with van der Waals surface area (Å²) in [6.07, 6.45) is -4.68. The zero-order chi connectivity index (χ0) is 17.9. The Morgan fingerprint density at radius 1 is 1.00 bits per heavy atom. The molecule has 2 aromatic rings. The van der Waals surface area contributed by atoms with Crippen LogP contribution in [0.25, 0.3) is 0 Å². The fraction of sp³-hybridized carbons (Fsp3) is 0.188. The topological polar surface area (TPSA) is 77.2 Å². The second kappa shape index (κ2) is 7.19. The molecule has 3 rings (SSSR count). The van der Waals surface area contributed by atoms with E-state index in [9.17, 15) is 18.0 Å². The summed E-state index contributed by atoms with van der Waals surface area (Å²) < 4.78 is 38.9. The molecular formula is C16H16F3N5O. The molecular weight excluding hydrogens is 335 g/mol. The van der Waals surface area contributed by atoms with Gasteiger partial charge in [-0.1, -0.05) is 36.4 Å². The van der Waals surface area contributed by atoms with Crippen molar-refractivity contribution in [2.45, 2.75) is 18.9 Å². The molecule has 0 aliphatic carbocycles. The average molecular weight is 351 g/mol. The highest BCUT2D eigenvalue weighted by Gasteiger charge is 2.34. The van der Waals surface area contributed by atoms with E-state index in [4.69, 9.17) is 0 Å². The monoisotopic (exact) mass is 351 g/mol. The third-order valence-corrected chi connectivity index (χ3v) is 3.74. The van der Waals surface area contributed by atoms with Crippen molar-refractivity contribution in [2.24, 2.45) is 0 Å². The molecule has 0 bridgehead atoms. The van der Waals surface area contributed by atoms with Crippen LogP contribution in [0.2, 0.25) is 0 Å². The molecule has 1 fully saturated rings. The summed E-state index contributed by atoms with van der Waals surface area (Å²) in [4.78, 5) is 12.1. The van der Waals surface area contributed by atoms with Crippen LogP contribution in [-0.4, -0.2) is 5.91 Å². The van der Waals surface area contributed by atoms with Gasteiger partial charge in [0.05, 0.1) is 11.1 Å². The Balaban J connectivity index is 1.65. The van der Waals surface area contributed by atoms with Gasteiger partial charge < -0.3 is 5.32 Å². The van der Waals surface area contributed by atoms with E-state index >= 15 is 0 Å². The molecule has 1 heterocycles. The summed E-state index contributed by atoms with van der Waals surface area (Å²) in [5, 5.41) is 2.52. The highest BCUT2D eigenvalue weighted by atomic mass is 19.4. The van der Waals surface area contributed by atoms with Gasteiger partial charge in [0.25, 0.3) is 5.91 Å². The lowest BCUT2D eigenvalue weighted by Crippen LogP contribution is -2.33. The van der Waals surface area contributed by atoms with Gasteiger partial charge in [-0.3, -0.25) is 4.79 Å². The van der Waals surface area contributed by atoms with Gasteiger partial charge >= 0.3 is 6.18 Å². The Hall–Kier alpha value is -2.46. The number of carbonyl (C=O) groups is 1. The maximum Gasteiger partial charge on any atom is 0.417 e. The van der Waals surface area contributed by atoms with Crippen LogP contribution < -0.4 is 27.2 Å². The van der Waals surface area contributed by atoms with E-state index in [1.807, 2.05) is 12.1 Å². The fourth-order valence-corrected chi connectivity index (χ4v) is 2.45. The van der Waals surface area contributed by atoms with E-state index in [1.165, 1.54) is 18.2 Å². The normalized spacial score (nSPS) is 15.3. The molecule has 5 N–H and O–H groups in total. The fourth-order valence-electron chi connectivity index (χ4n) is 2.45. The second-order valence-electron chi connectivity index (χ2n) is 5.44. The number of nitrogens with one attached hydrogen (secondary N) is 5. The van der Waals surface area contributed by atoms with Crippen LogP contribution in [0.5, 0.6) is 0 Å². The lowest BCUT2D eigenvalue weighted by Gasteiger charge is -2.13. The van der Waals surface area contributed by atoms with Crippen molar-refractivity contribution >= 4 is 5.91 Å². The van der Waals surface area contributed by atoms with Gasteiger partial charge in [-0.15, -0.1) is 0 Å². The summed E-state index contributed by atoms with van der Waals surface area (Å²) in [6, 6.07) is 12.0. The minimum atomic E-state index is -4.57. The van der Waals surface area contributed by atoms with Crippen molar-refractivity contribution in [2.75, 3.05) is 0 Å². The number of alkyl halides is 3. The Kier molecular flexibility index (Phi) is 5.00. The molecule has 0 spiro atoms. The first-order valence-corrected chi connectivity index (χ1v) is 7.49. The highest BCUT2D eigenvalue weighted by Crippen LogP contribution is 2.31. The zero-order valence-electron chi connectivity index (χ0n) is 12.9. The van der Waals surface area contributed by atoms with E-state index in [1.54, 1.807) is 12.1 Å². The van der Waals surface area contributed by atoms with Gasteiger partial charge in [-0.25, -0.2) is 10.9 Å². The zero-order valence-corrected chi connectivity index (χ0v) is 12.9. The largest absolute Gasteiger partial charge is 0.417 e. The van der Waals surface area contributed by atoms with E-state index < -0.39 is 17.6 Å². The van der Waals surface area contributed by atoms with Crippen LogP contribution in [0.1, 0.15) is 33.2 Å². The Labute approximate surface area is 141 Å². The van der Waals surface area contributed by atoms with Gasteiger partial charge in [0, 0.05) is 6.54 Å². The quantitative estimate of drug-likeness (QED) is 0.580. The average Bonchev–Trinajstić information content (AvgIpc) is 3.14. The third-order valence-electron chi connectivity index (χ3n) is 3.74. The van der Waals surface area contributed by atoms with Crippen LogP contribution in [0.15, 0.2) is 48.5 Å². The number of hydrazine groups is 3. The SMILES string of the molecule is O=C(NCc1ccc(C2NNNN2)cc1)c1ccccc1C(F)(F)F. The summed E-state index contributed by atoms with van der Waals surface area (Å²) in [7, 11) is 0. The lowest BCUT2D eigenvalue weighted by atomic mass is 10.1. The van der Waals surface area contributed by atoms with Crippen molar-refractivity contribution < 1.29 is 18.0 Å². The number of rotatable bonds is 4. The predicted octanol–water partition coefficient (Wildman–Crippen LogP) is 1.75. The lowest BCUT2D eigenvalue weighted by molar-refractivity contribution is -0.137. The number of benzene rings is 2. The van der Waals surface area contributed by atoms with Gasteiger partial charge in [0.15, 0.2) is 0 Å². The van der Waals surface area contributed by atoms with E-state index in [2.05, 4.69) is 27.2 Å². The van der Waals surface area contributed by atoms with E-state index in [-0.39, 0.29) is 18.3 Å². The first-order valence-electron chi connectivity index (χ1n) is 7.49. The third kappa shape index (κ3) is 4.15. The maximum absolute atomic E-state index is 13.0. The first kappa shape index (κ1) is 17.4. The van der Waals surface area contributed by atoms with E-state index in [0.717, 1.165) is 17.2 Å². The summed E-state index contributed by atoms with van der Waals surface area (Å²) in [5.41, 5.74) is 11.7. The van der Waals surface area contributed by atoms with Gasteiger partial charge in [-0.2, -0.15) is 24.2 Å². The summed E-state index contributed by atoms with van der Waals surface area (Å²) >= 11 is 0. The van der Waals surface area contributed by atoms with Crippen molar-refractivity contribution in [3.63, 3.8) is 0 Å². The smallest absolute Gasteiger partial charge is 0.348 e. The molecule has 1 amide bonds. The number of halogens is 3. The maximum atomic E-state index is 13.0. The predicted molar refractivity (Wildman–Crippen MR) is 84.3 cm³/mol. The number of hydrogen-bond acceptors (Lipinski definition) is 5. The molecule has 0 unspecified atom stereocenters. The minimum Gasteiger partial charge on any atom is -0.348 e. The molecule has 132 valence electrons. The molecule has 25 heavy (non-hydrogen) atoms. The highest BCUT2D eigenvalue weighted by molar-refractivity contribution is 5.95. The molecule has 0 radical (unpaired) electrons. The van der Waals surface area contributed by atoms with Crippen LogP contribution >= 0.6 is 0 Å². The molecule has 1 aliphatic heterocycles. The molecule has 0 atom stereocenters. The number of amides is 1. The minimum absolute atomic E-state index is 0.109. The second-order valence-corrected chi connectivity index (χ2v) is 5.44. The van der Waals surface area contributed by atoms with Crippen LogP contribution in [-0.2, 0) is 12.7 Å². The Morgan fingerprint density at radius 2 is 1.64 bits per heavy atom. The van der Waals surface area contributed by atoms with Gasteiger partial charge in [0.2, 0.25) is 0 Å². The van der Waals surface area contributed by atoms with Gasteiger partial charge in [-0.05, 0) is 23.3 Å². The molecule has 2 aromatic carbocycles. The molecule has 0 saturated carbocycles. The van der Waals surface area contributed by atoms with Crippen molar-refractivity contribution in [1.82, 2.24) is 27.2 Å². The molecule has 6 nitrogen and oxygen atoms in total. The number of hydrogen-bond donors (Lipinski definition) is 5. The number of carbonyl (C=O) groups excluding carboxylic acids is 1. The van der Waals surface area contributed by atoms with Crippen LogP contribution in [0.3, 0.4) is 0 Å². The molecule has 9 heteroatoms. The van der Waals surface area contributed by atoms with Crippen LogP contribution in [0.4, 0.5) is 13.2 Å². The first-order chi connectivity index (χ1) is 11.9. The summed E-state index contributed by atoms with van der Waals surface area (Å²) in [5.74, 6) is -0.760. The van der Waals surface area contributed by atoms with Crippen molar-refractivity contribution in [3.05, 3.63) is 70.8 Å². The molecule has 1 saturated heterocycles. The molecule has 0 aromatic heterocycles. The summed E-state index contributed by atoms with van der Waals surface area (Å²) in [6.45, 7) is 0.132. The standard InChI is InChI=1S/C16H16F3N5O/c17-16(18,19)13-4-2-1-3-12(13)15(25)20-9-10-5-7-11(8-6-10)14-21-23-24-22-14/h1-8,14,21-24H,9H2,(H,20,25). The Morgan fingerprint density at radius 3 is 2.28 bits per heavy atom. The molecule has 1 aliphatic rings. The van der Waals surface area contributed by atoms with Crippen LogP contribution in [0, 0.1) is 0 Å². The van der Waals surface area contributed by atoms with Crippen molar-refractivity contribution in [1.29, 1.82) is 0 Å². The van der Waals surface area contributed by atoms with Gasteiger partial charge in [0.1, 0.15) is 6.17 Å².